The largest absolute Gasteiger partial charge is 0.283 e. The van der Waals surface area contributed by atoms with Crippen LogP contribution in [0.1, 0.15) is 24.8 Å². The molecule has 74 valence electrons. The van der Waals surface area contributed by atoms with Crippen LogP contribution in [0.5, 0.6) is 0 Å². The molecule has 0 aromatic heterocycles. The molecule has 0 radical (unpaired) electrons. The van der Waals surface area contributed by atoms with E-state index in [9.17, 15) is 0 Å². The second-order valence-corrected chi connectivity index (χ2v) is 4.56. The summed E-state index contributed by atoms with van der Waals surface area (Å²) in [6, 6.07) is 10.6. The van der Waals surface area contributed by atoms with Crippen LogP contribution >= 0.6 is 11.8 Å². The molecule has 0 unspecified atom stereocenters. The standard InChI is InChI=1S/C12H15NS/c1-2-6-11(7-3-1)10-14-12-8-4-5-9-13-12/h1-3,6-7H,4-5,8-10H2. The molecule has 0 saturated carbocycles. The first-order valence-corrected chi connectivity index (χ1v) is 6.14. The molecule has 0 saturated heterocycles. The fraction of sp³-hybridized carbons (Fsp3) is 0.417. The molecule has 0 bridgehead atoms. The van der Waals surface area contributed by atoms with Crippen molar-refractivity contribution in [1.82, 2.24) is 0 Å². The third kappa shape index (κ3) is 2.88. The van der Waals surface area contributed by atoms with Crippen LogP contribution in [0.3, 0.4) is 0 Å². The lowest BCUT2D eigenvalue weighted by atomic mass is 10.2. The Labute approximate surface area is 89.6 Å². The van der Waals surface area contributed by atoms with Crippen LogP contribution in [0.2, 0.25) is 0 Å². The van der Waals surface area contributed by atoms with Gasteiger partial charge in [0.2, 0.25) is 0 Å². The van der Waals surface area contributed by atoms with Crippen molar-refractivity contribution in [2.75, 3.05) is 6.54 Å². The highest BCUT2D eigenvalue weighted by Gasteiger charge is 2.05. The minimum Gasteiger partial charge on any atom is -0.283 e. The minimum absolute atomic E-state index is 1.04. The number of benzene rings is 1. The second kappa shape index (κ2) is 5.20. The molecule has 0 atom stereocenters. The minimum atomic E-state index is 1.04. The first kappa shape index (κ1) is 9.78. The van der Waals surface area contributed by atoms with E-state index in [1.807, 2.05) is 11.8 Å². The van der Waals surface area contributed by atoms with Crippen LogP contribution in [-0.2, 0) is 5.75 Å². The van der Waals surface area contributed by atoms with Gasteiger partial charge in [0.05, 0.1) is 5.04 Å². The number of rotatable bonds is 2. The molecule has 1 heterocycles. The topological polar surface area (TPSA) is 12.4 Å². The van der Waals surface area contributed by atoms with Gasteiger partial charge in [-0.2, -0.15) is 0 Å². The van der Waals surface area contributed by atoms with Crippen molar-refractivity contribution < 1.29 is 0 Å². The molecule has 0 spiro atoms. The lowest BCUT2D eigenvalue weighted by Gasteiger charge is -2.10. The van der Waals surface area contributed by atoms with Crippen molar-refractivity contribution in [3.8, 4) is 0 Å². The van der Waals surface area contributed by atoms with Gasteiger partial charge >= 0.3 is 0 Å². The molecule has 1 aliphatic heterocycles. The highest BCUT2D eigenvalue weighted by atomic mass is 32.2. The van der Waals surface area contributed by atoms with Gasteiger partial charge in [-0.25, -0.2) is 0 Å². The summed E-state index contributed by atoms with van der Waals surface area (Å²) in [5.41, 5.74) is 1.39. The highest BCUT2D eigenvalue weighted by Crippen LogP contribution is 2.20. The monoisotopic (exact) mass is 205 g/mol. The average Bonchev–Trinajstić information content (AvgIpc) is 2.29. The first-order valence-electron chi connectivity index (χ1n) is 5.15. The van der Waals surface area contributed by atoms with E-state index in [1.54, 1.807) is 0 Å². The van der Waals surface area contributed by atoms with Gasteiger partial charge in [0.25, 0.3) is 0 Å². The highest BCUT2D eigenvalue weighted by molar-refractivity contribution is 8.13. The Morgan fingerprint density at radius 2 is 2.00 bits per heavy atom. The Bertz CT molecular complexity index is 305. The molecule has 0 fully saturated rings. The van der Waals surface area contributed by atoms with E-state index in [0.29, 0.717) is 0 Å². The first-order chi connectivity index (χ1) is 6.95. The number of thioether (sulfide) groups is 1. The second-order valence-electron chi connectivity index (χ2n) is 3.51. The van der Waals surface area contributed by atoms with E-state index in [1.165, 1.54) is 29.9 Å². The fourth-order valence-electron chi connectivity index (χ4n) is 1.53. The third-order valence-corrected chi connectivity index (χ3v) is 3.48. The van der Waals surface area contributed by atoms with Crippen molar-refractivity contribution in [3.63, 3.8) is 0 Å². The number of hydrogen-bond acceptors (Lipinski definition) is 2. The Kier molecular flexibility index (Phi) is 3.64. The molecule has 1 nitrogen and oxygen atoms in total. The predicted octanol–water partition coefficient (Wildman–Crippen LogP) is 3.50. The van der Waals surface area contributed by atoms with Crippen LogP contribution in [0.15, 0.2) is 35.3 Å². The summed E-state index contributed by atoms with van der Waals surface area (Å²) in [5, 5.41) is 1.35. The summed E-state index contributed by atoms with van der Waals surface area (Å²) in [4.78, 5) is 4.52. The predicted molar refractivity (Wildman–Crippen MR) is 63.9 cm³/mol. The van der Waals surface area contributed by atoms with Crippen LogP contribution in [-0.4, -0.2) is 11.6 Å². The zero-order valence-electron chi connectivity index (χ0n) is 8.28. The van der Waals surface area contributed by atoms with E-state index in [4.69, 9.17) is 0 Å². The summed E-state index contributed by atoms with van der Waals surface area (Å²) >= 11 is 1.90. The zero-order chi connectivity index (χ0) is 9.64. The molecule has 1 aromatic carbocycles. The summed E-state index contributed by atoms with van der Waals surface area (Å²) in [7, 11) is 0. The number of aliphatic imine (C=N–C) groups is 1. The number of hydrogen-bond donors (Lipinski definition) is 0. The van der Waals surface area contributed by atoms with Crippen LogP contribution in [0.25, 0.3) is 0 Å². The van der Waals surface area contributed by atoms with E-state index in [2.05, 4.69) is 35.3 Å². The molecule has 1 aliphatic rings. The van der Waals surface area contributed by atoms with E-state index >= 15 is 0 Å². The summed E-state index contributed by atoms with van der Waals surface area (Å²) < 4.78 is 0. The van der Waals surface area contributed by atoms with Gasteiger partial charge in [0, 0.05) is 12.3 Å². The van der Waals surface area contributed by atoms with Crippen molar-refractivity contribution in [2.45, 2.75) is 25.0 Å². The zero-order valence-corrected chi connectivity index (χ0v) is 9.09. The number of nitrogens with zero attached hydrogens (tertiary/aromatic N) is 1. The molecule has 0 amide bonds. The van der Waals surface area contributed by atoms with Crippen LogP contribution in [0, 0.1) is 0 Å². The van der Waals surface area contributed by atoms with Crippen LogP contribution in [0.4, 0.5) is 0 Å². The van der Waals surface area contributed by atoms with Gasteiger partial charge in [-0.05, 0) is 24.8 Å². The smallest absolute Gasteiger partial charge is 0.0679 e. The molecular formula is C12H15NS. The van der Waals surface area contributed by atoms with Gasteiger partial charge in [-0.3, -0.25) is 4.99 Å². The summed E-state index contributed by atoms with van der Waals surface area (Å²) in [5.74, 6) is 1.07. The van der Waals surface area contributed by atoms with E-state index < -0.39 is 0 Å². The summed E-state index contributed by atoms with van der Waals surface area (Å²) in [6.07, 6.45) is 3.79. The van der Waals surface area contributed by atoms with Gasteiger partial charge in [-0.1, -0.05) is 30.3 Å². The van der Waals surface area contributed by atoms with E-state index in [-0.39, 0.29) is 0 Å². The van der Waals surface area contributed by atoms with Gasteiger partial charge in [-0.15, -0.1) is 11.8 Å². The normalized spacial score (nSPS) is 16.4. The Hall–Kier alpha value is -0.760. The molecule has 14 heavy (non-hydrogen) atoms. The van der Waals surface area contributed by atoms with Crippen molar-refractivity contribution in [3.05, 3.63) is 35.9 Å². The molecule has 2 heteroatoms. The van der Waals surface area contributed by atoms with Gasteiger partial charge in [0.1, 0.15) is 0 Å². The third-order valence-electron chi connectivity index (χ3n) is 2.34. The van der Waals surface area contributed by atoms with E-state index in [0.717, 1.165) is 12.3 Å². The molecule has 0 N–H and O–H groups in total. The Morgan fingerprint density at radius 3 is 2.71 bits per heavy atom. The molecule has 2 rings (SSSR count). The lowest BCUT2D eigenvalue weighted by molar-refractivity contribution is 0.745. The quantitative estimate of drug-likeness (QED) is 0.719. The van der Waals surface area contributed by atoms with Crippen molar-refractivity contribution >= 4 is 16.8 Å². The maximum Gasteiger partial charge on any atom is 0.0679 e. The van der Waals surface area contributed by atoms with Crippen LogP contribution < -0.4 is 0 Å². The van der Waals surface area contributed by atoms with Crippen molar-refractivity contribution in [2.24, 2.45) is 4.99 Å². The van der Waals surface area contributed by atoms with Gasteiger partial charge < -0.3 is 0 Å². The Balaban J connectivity index is 1.85. The summed E-state index contributed by atoms with van der Waals surface area (Å²) in [6.45, 7) is 1.04. The maximum absolute atomic E-state index is 4.52. The fourth-order valence-corrected chi connectivity index (χ4v) is 2.53. The SMILES string of the molecule is c1ccc(CSC2=NCCCC2)cc1. The lowest BCUT2D eigenvalue weighted by Crippen LogP contribution is -2.02. The molecule has 0 aliphatic carbocycles. The van der Waals surface area contributed by atoms with Crippen molar-refractivity contribution in [1.29, 1.82) is 0 Å². The Morgan fingerprint density at radius 1 is 1.14 bits per heavy atom. The maximum atomic E-state index is 4.52. The molecular weight excluding hydrogens is 190 g/mol. The average molecular weight is 205 g/mol. The van der Waals surface area contributed by atoms with Gasteiger partial charge in [0.15, 0.2) is 0 Å². The molecule has 1 aromatic rings.